The Kier molecular flexibility index (Phi) is 4.11. The molecule has 1 heterocycles. The molecule has 1 fully saturated rings. The van der Waals surface area contributed by atoms with Gasteiger partial charge in [-0.05, 0) is 25.1 Å². The summed E-state index contributed by atoms with van der Waals surface area (Å²) in [7, 11) is 0. The van der Waals surface area contributed by atoms with Gasteiger partial charge in [0.05, 0.1) is 5.56 Å². The lowest BCUT2D eigenvalue weighted by Gasteiger charge is -2.33. The van der Waals surface area contributed by atoms with Crippen molar-refractivity contribution in [1.29, 1.82) is 0 Å². The third-order valence-electron chi connectivity index (χ3n) is 3.48. The lowest BCUT2D eigenvalue weighted by molar-refractivity contribution is -0.0220. The van der Waals surface area contributed by atoms with Crippen molar-refractivity contribution in [3.05, 3.63) is 23.8 Å². The highest BCUT2D eigenvalue weighted by Gasteiger charge is 2.34. The molecule has 0 unspecified atom stereocenters. The van der Waals surface area contributed by atoms with Crippen LogP contribution in [0.25, 0.3) is 0 Å². The maximum atomic E-state index is 13.2. The Balaban J connectivity index is 2.17. The Hall–Kier alpha value is -1.85. The minimum atomic E-state index is -2.58. The highest BCUT2D eigenvalue weighted by Crippen LogP contribution is 2.31. The summed E-state index contributed by atoms with van der Waals surface area (Å²) in [5, 5.41) is 2.69. The predicted molar refractivity (Wildman–Crippen MR) is 75.3 cm³/mol. The standard InChI is InChI=1S/C14H19F2N3O/c1-2-18-13(20)11-9-10(3-4-12(11)17)19-7-5-14(15,16)6-8-19/h3-4,9H,2,5-8,17H2,1H3,(H,18,20). The molecule has 110 valence electrons. The van der Waals surface area contributed by atoms with Crippen molar-refractivity contribution in [2.75, 3.05) is 30.3 Å². The number of benzene rings is 1. The fourth-order valence-corrected chi connectivity index (χ4v) is 2.29. The van der Waals surface area contributed by atoms with Crippen LogP contribution in [-0.4, -0.2) is 31.5 Å². The van der Waals surface area contributed by atoms with Gasteiger partial charge in [-0.1, -0.05) is 0 Å². The average molecular weight is 283 g/mol. The van der Waals surface area contributed by atoms with Crippen molar-refractivity contribution in [3.63, 3.8) is 0 Å². The van der Waals surface area contributed by atoms with E-state index in [-0.39, 0.29) is 31.8 Å². The van der Waals surface area contributed by atoms with Crippen molar-refractivity contribution in [1.82, 2.24) is 5.32 Å². The quantitative estimate of drug-likeness (QED) is 0.837. The van der Waals surface area contributed by atoms with Gasteiger partial charge in [-0.25, -0.2) is 8.78 Å². The number of nitrogens with one attached hydrogen (secondary N) is 1. The van der Waals surface area contributed by atoms with Crippen molar-refractivity contribution in [2.24, 2.45) is 0 Å². The van der Waals surface area contributed by atoms with Gasteiger partial charge in [0, 0.05) is 43.9 Å². The monoisotopic (exact) mass is 283 g/mol. The molecule has 1 aliphatic heterocycles. The number of carbonyl (C=O) groups is 1. The third-order valence-corrected chi connectivity index (χ3v) is 3.48. The molecule has 1 amide bonds. The van der Waals surface area contributed by atoms with Crippen molar-refractivity contribution in [2.45, 2.75) is 25.7 Å². The lowest BCUT2D eigenvalue weighted by Crippen LogP contribution is -2.39. The molecule has 0 bridgehead atoms. The molecule has 4 nitrogen and oxygen atoms in total. The zero-order valence-corrected chi connectivity index (χ0v) is 11.5. The maximum absolute atomic E-state index is 13.2. The molecule has 0 atom stereocenters. The number of halogens is 2. The molecule has 0 radical (unpaired) electrons. The summed E-state index contributed by atoms with van der Waals surface area (Å²) in [6.45, 7) is 2.90. The van der Waals surface area contributed by atoms with Gasteiger partial charge < -0.3 is 16.0 Å². The topological polar surface area (TPSA) is 58.4 Å². The molecule has 20 heavy (non-hydrogen) atoms. The highest BCUT2D eigenvalue weighted by atomic mass is 19.3. The summed E-state index contributed by atoms with van der Waals surface area (Å²) in [6.07, 6.45) is -0.318. The second-order valence-corrected chi connectivity index (χ2v) is 4.97. The van der Waals surface area contributed by atoms with E-state index in [2.05, 4.69) is 5.32 Å². The van der Waals surface area contributed by atoms with E-state index in [9.17, 15) is 13.6 Å². The summed E-state index contributed by atoms with van der Waals surface area (Å²) in [6, 6.07) is 5.08. The molecule has 1 aromatic carbocycles. The first kappa shape index (κ1) is 14.6. The van der Waals surface area contributed by atoms with Crippen molar-refractivity contribution >= 4 is 17.3 Å². The first-order valence-corrected chi connectivity index (χ1v) is 6.73. The zero-order valence-electron chi connectivity index (χ0n) is 11.5. The number of amides is 1. The smallest absolute Gasteiger partial charge is 0.253 e. The number of carbonyl (C=O) groups excluding carboxylic acids is 1. The highest BCUT2D eigenvalue weighted by molar-refractivity contribution is 6.00. The second kappa shape index (κ2) is 5.64. The van der Waals surface area contributed by atoms with E-state index in [0.717, 1.165) is 5.69 Å². The molecular weight excluding hydrogens is 264 g/mol. The van der Waals surface area contributed by atoms with Gasteiger partial charge >= 0.3 is 0 Å². The molecule has 3 N–H and O–H groups in total. The van der Waals surface area contributed by atoms with Gasteiger partial charge in [-0.2, -0.15) is 0 Å². The van der Waals surface area contributed by atoms with E-state index in [1.54, 1.807) is 18.2 Å². The number of hydrogen-bond donors (Lipinski definition) is 2. The second-order valence-electron chi connectivity index (χ2n) is 4.97. The third kappa shape index (κ3) is 3.18. The Labute approximate surface area is 116 Å². The van der Waals surface area contributed by atoms with E-state index < -0.39 is 5.92 Å². The van der Waals surface area contributed by atoms with Crippen LogP contribution in [0, 0.1) is 0 Å². The van der Waals surface area contributed by atoms with Crippen LogP contribution < -0.4 is 16.0 Å². The number of hydrogen-bond acceptors (Lipinski definition) is 3. The van der Waals surface area contributed by atoms with Gasteiger partial charge in [-0.3, -0.25) is 4.79 Å². The minimum Gasteiger partial charge on any atom is -0.398 e. The van der Waals surface area contributed by atoms with Crippen LogP contribution >= 0.6 is 0 Å². The SMILES string of the molecule is CCNC(=O)c1cc(N2CCC(F)(F)CC2)ccc1N. The van der Waals surface area contributed by atoms with E-state index >= 15 is 0 Å². The molecule has 1 aliphatic rings. The largest absolute Gasteiger partial charge is 0.398 e. The van der Waals surface area contributed by atoms with Crippen LogP contribution in [0.15, 0.2) is 18.2 Å². The summed E-state index contributed by atoms with van der Waals surface area (Å²) >= 11 is 0. The van der Waals surface area contributed by atoms with Gasteiger partial charge in [0.1, 0.15) is 0 Å². The fraction of sp³-hybridized carbons (Fsp3) is 0.500. The van der Waals surface area contributed by atoms with Gasteiger partial charge in [-0.15, -0.1) is 0 Å². The molecule has 0 saturated carbocycles. The average Bonchev–Trinajstić information content (AvgIpc) is 2.40. The first-order valence-electron chi connectivity index (χ1n) is 6.73. The van der Waals surface area contributed by atoms with Gasteiger partial charge in [0.15, 0.2) is 0 Å². The molecule has 1 aromatic rings. The first-order chi connectivity index (χ1) is 9.43. The predicted octanol–water partition coefficient (Wildman–Crippen LogP) is 2.25. The summed E-state index contributed by atoms with van der Waals surface area (Å²) in [5.41, 5.74) is 7.34. The summed E-state index contributed by atoms with van der Waals surface area (Å²) < 4.78 is 26.3. The van der Waals surface area contributed by atoms with E-state index in [1.807, 2.05) is 11.8 Å². The summed E-state index contributed by atoms with van der Waals surface area (Å²) in [4.78, 5) is 13.7. The van der Waals surface area contributed by atoms with Crippen molar-refractivity contribution in [3.8, 4) is 0 Å². The number of anilines is 2. The van der Waals surface area contributed by atoms with E-state index in [1.165, 1.54) is 0 Å². The molecule has 0 aliphatic carbocycles. The molecule has 0 spiro atoms. The number of nitrogens with two attached hydrogens (primary N) is 1. The Morgan fingerprint density at radius 2 is 2.05 bits per heavy atom. The number of alkyl halides is 2. The van der Waals surface area contributed by atoms with Crippen LogP contribution in [0.5, 0.6) is 0 Å². The van der Waals surface area contributed by atoms with Crippen molar-refractivity contribution < 1.29 is 13.6 Å². The van der Waals surface area contributed by atoms with Crippen LogP contribution in [-0.2, 0) is 0 Å². The maximum Gasteiger partial charge on any atom is 0.253 e. The van der Waals surface area contributed by atoms with Crippen LogP contribution in [0.4, 0.5) is 20.2 Å². The number of nitrogen functional groups attached to an aromatic ring is 1. The Morgan fingerprint density at radius 1 is 1.40 bits per heavy atom. The zero-order chi connectivity index (χ0) is 14.8. The molecule has 1 saturated heterocycles. The number of nitrogens with zero attached hydrogens (tertiary/aromatic N) is 1. The molecule has 6 heteroatoms. The number of rotatable bonds is 3. The number of piperidine rings is 1. The summed E-state index contributed by atoms with van der Waals surface area (Å²) in [5.74, 6) is -2.82. The Bertz CT molecular complexity index is 495. The van der Waals surface area contributed by atoms with Crippen LogP contribution in [0.2, 0.25) is 0 Å². The fourth-order valence-electron chi connectivity index (χ4n) is 2.29. The van der Waals surface area contributed by atoms with Crippen LogP contribution in [0.3, 0.4) is 0 Å². The molecule has 0 aromatic heterocycles. The minimum absolute atomic E-state index is 0.159. The lowest BCUT2D eigenvalue weighted by atomic mass is 10.0. The van der Waals surface area contributed by atoms with Gasteiger partial charge in [0.2, 0.25) is 0 Å². The molecule has 2 rings (SSSR count). The van der Waals surface area contributed by atoms with E-state index in [4.69, 9.17) is 5.73 Å². The van der Waals surface area contributed by atoms with E-state index in [0.29, 0.717) is 17.8 Å². The van der Waals surface area contributed by atoms with Crippen LogP contribution in [0.1, 0.15) is 30.1 Å². The van der Waals surface area contributed by atoms with Gasteiger partial charge in [0.25, 0.3) is 11.8 Å². The molecular formula is C14H19F2N3O. The normalized spacial score (nSPS) is 17.9. The Morgan fingerprint density at radius 3 is 2.65 bits per heavy atom.